The van der Waals surface area contributed by atoms with Crippen LogP contribution >= 0.6 is 0 Å². The molecule has 1 N–H and O–H groups in total. The van der Waals surface area contributed by atoms with Crippen molar-refractivity contribution in [3.8, 4) is 0 Å². The van der Waals surface area contributed by atoms with Crippen molar-refractivity contribution in [3.05, 3.63) is 23.0 Å². The van der Waals surface area contributed by atoms with Crippen LogP contribution in [0.25, 0.3) is 11.0 Å². The van der Waals surface area contributed by atoms with Crippen LogP contribution in [-0.2, 0) is 7.05 Å². The molecule has 1 saturated heterocycles. The fraction of sp³-hybridized carbons (Fsp3) is 0.611. The summed E-state index contributed by atoms with van der Waals surface area (Å²) in [5.41, 5.74) is 2.08. The van der Waals surface area contributed by atoms with Crippen LogP contribution in [0.3, 0.4) is 0 Å². The van der Waals surface area contributed by atoms with Crippen LogP contribution in [0, 0.1) is 13.8 Å². The number of aryl methyl sites for hydroxylation is 3. The lowest BCUT2D eigenvalue weighted by Gasteiger charge is -2.40. The highest BCUT2D eigenvalue weighted by Crippen LogP contribution is 2.27. The minimum Gasteiger partial charge on any atom is -0.387 e. The molecule has 1 amide bonds. The van der Waals surface area contributed by atoms with Gasteiger partial charge in [-0.3, -0.25) is 9.48 Å². The van der Waals surface area contributed by atoms with Gasteiger partial charge in [-0.2, -0.15) is 5.10 Å². The number of pyridine rings is 1. The first-order valence-corrected chi connectivity index (χ1v) is 8.67. The molecule has 0 bridgehead atoms. The molecule has 7 heteroatoms. The molecule has 7 nitrogen and oxygen atoms in total. The normalized spacial score (nSPS) is 21.3. The molecule has 136 valence electrons. The van der Waals surface area contributed by atoms with E-state index in [9.17, 15) is 9.90 Å². The molecular formula is C18H27N5O2. The molecule has 1 fully saturated rings. The Kier molecular flexibility index (Phi) is 4.55. The van der Waals surface area contributed by atoms with E-state index >= 15 is 0 Å². The van der Waals surface area contributed by atoms with Gasteiger partial charge in [0.1, 0.15) is 0 Å². The van der Waals surface area contributed by atoms with Crippen LogP contribution < -0.4 is 0 Å². The Morgan fingerprint density at radius 1 is 1.40 bits per heavy atom. The number of likely N-dealkylation sites (N-methyl/N-ethyl adjacent to an activating group) is 1. The van der Waals surface area contributed by atoms with Crippen molar-refractivity contribution in [2.75, 3.05) is 33.7 Å². The Labute approximate surface area is 148 Å². The third-order valence-corrected chi connectivity index (χ3v) is 4.78. The number of carbonyl (C=O) groups is 1. The smallest absolute Gasteiger partial charge is 0.254 e. The number of carbonyl (C=O) groups excluding carboxylic acids is 1. The molecule has 1 unspecified atom stereocenters. The summed E-state index contributed by atoms with van der Waals surface area (Å²) in [6, 6.07) is 1.83. The van der Waals surface area contributed by atoms with Gasteiger partial charge in [0.25, 0.3) is 5.91 Å². The summed E-state index contributed by atoms with van der Waals surface area (Å²) in [6.07, 6.45) is 1.51. The van der Waals surface area contributed by atoms with Gasteiger partial charge < -0.3 is 14.9 Å². The molecule has 2 aromatic rings. The van der Waals surface area contributed by atoms with E-state index in [4.69, 9.17) is 0 Å². The van der Waals surface area contributed by atoms with E-state index in [1.165, 1.54) is 0 Å². The predicted octanol–water partition coefficient (Wildman–Crippen LogP) is 1.11. The fourth-order valence-electron chi connectivity index (χ4n) is 3.91. The van der Waals surface area contributed by atoms with Crippen molar-refractivity contribution < 1.29 is 9.90 Å². The van der Waals surface area contributed by atoms with Crippen molar-refractivity contribution in [2.24, 2.45) is 7.05 Å². The quantitative estimate of drug-likeness (QED) is 0.902. The summed E-state index contributed by atoms with van der Waals surface area (Å²) < 4.78 is 1.72. The zero-order chi connectivity index (χ0) is 18.4. The van der Waals surface area contributed by atoms with E-state index in [2.05, 4.69) is 10.1 Å². The van der Waals surface area contributed by atoms with E-state index < -0.39 is 5.60 Å². The van der Waals surface area contributed by atoms with Crippen molar-refractivity contribution in [1.29, 1.82) is 0 Å². The lowest BCUT2D eigenvalue weighted by molar-refractivity contribution is -0.0391. The van der Waals surface area contributed by atoms with Gasteiger partial charge in [0.15, 0.2) is 5.65 Å². The Bertz CT molecular complexity index is 813. The van der Waals surface area contributed by atoms with Crippen molar-refractivity contribution >= 4 is 16.9 Å². The van der Waals surface area contributed by atoms with Crippen LogP contribution in [0.2, 0.25) is 0 Å². The Morgan fingerprint density at radius 2 is 2.12 bits per heavy atom. The minimum atomic E-state index is -0.859. The van der Waals surface area contributed by atoms with Gasteiger partial charge >= 0.3 is 0 Å². The predicted molar refractivity (Wildman–Crippen MR) is 96.6 cm³/mol. The molecule has 25 heavy (non-hydrogen) atoms. The molecule has 2 aromatic heterocycles. The van der Waals surface area contributed by atoms with Gasteiger partial charge in [-0.1, -0.05) is 0 Å². The monoisotopic (exact) mass is 345 g/mol. The second kappa shape index (κ2) is 6.38. The summed E-state index contributed by atoms with van der Waals surface area (Å²) in [6.45, 7) is 5.35. The Hall–Kier alpha value is -1.99. The third kappa shape index (κ3) is 3.39. The summed E-state index contributed by atoms with van der Waals surface area (Å²) in [5.74, 6) is -0.0523. The average Bonchev–Trinajstić information content (AvgIpc) is 2.79. The molecule has 3 rings (SSSR count). The summed E-state index contributed by atoms with van der Waals surface area (Å²) in [4.78, 5) is 21.5. The number of hydrogen-bond donors (Lipinski definition) is 1. The number of rotatable bonds is 3. The highest BCUT2D eigenvalue weighted by molar-refractivity contribution is 6.06. The molecular weight excluding hydrogens is 318 g/mol. The Balaban J connectivity index is 1.97. The Morgan fingerprint density at radius 3 is 2.80 bits per heavy atom. The molecule has 1 atom stereocenters. The molecule has 1 aliphatic heterocycles. The number of amides is 1. The summed E-state index contributed by atoms with van der Waals surface area (Å²) in [7, 11) is 5.72. The topological polar surface area (TPSA) is 74.5 Å². The number of fused-ring (bicyclic) bond motifs is 1. The summed E-state index contributed by atoms with van der Waals surface area (Å²) in [5, 5.41) is 16.1. The molecule has 3 heterocycles. The number of piperidine rings is 1. The third-order valence-electron chi connectivity index (χ3n) is 4.78. The van der Waals surface area contributed by atoms with E-state index in [0.29, 0.717) is 31.6 Å². The first kappa shape index (κ1) is 17.8. The minimum absolute atomic E-state index is 0.0523. The lowest BCUT2D eigenvalue weighted by Crippen LogP contribution is -2.54. The first-order chi connectivity index (χ1) is 11.7. The largest absolute Gasteiger partial charge is 0.387 e. The van der Waals surface area contributed by atoms with Crippen molar-refractivity contribution in [1.82, 2.24) is 24.6 Å². The second-order valence-electron chi connectivity index (χ2n) is 7.51. The number of aliphatic hydroxyl groups is 1. The zero-order valence-corrected chi connectivity index (χ0v) is 15.7. The highest BCUT2D eigenvalue weighted by Gasteiger charge is 2.36. The van der Waals surface area contributed by atoms with Crippen molar-refractivity contribution in [3.63, 3.8) is 0 Å². The maximum absolute atomic E-state index is 13.2. The van der Waals surface area contributed by atoms with Gasteiger partial charge in [-0.25, -0.2) is 4.98 Å². The molecule has 0 radical (unpaired) electrons. The maximum Gasteiger partial charge on any atom is 0.254 e. The number of likely N-dealkylation sites (tertiary alicyclic amines) is 1. The van der Waals surface area contributed by atoms with Crippen LogP contribution in [-0.4, -0.2) is 74.9 Å². The number of hydrogen-bond acceptors (Lipinski definition) is 5. The van der Waals surface area contributed by atoms with Crippen LogP contribution in [0.4, 0.5) is 0 Å². The zero-order valence-electron chi connectivity index (χ0n) is 15.7. The van der Waals surface area contributed by atoms with Gasteiger partial charge in [-0.15, -0.1) is 0 Å². The number of β-amino-alcohol motifs (C(OH)–C–C–N with tert-alkyl or cyclic N) is 1. The second-order valence-corrected chi connectivity index (χ2v) is 7.51. The number of nitrogens with zero attached hydrogens (tertiary/aromatic N) is 5. The molecule has 0 aromatic carbocycles. The molecule has 0 aliphatic carbocycles. The SMILES string of the molecule is Cc1cc(C(=O)N2CCCC(O)(CN(C)C)C2)c2c(C)nn(C)c2n1. The maximum atomic E-state index is 13.2. The van der Waals surface area contributed by atoms with Crippen LogP contribution in [0.5, 0.6) is 0 Å². The van der Waals surface area contributed by atoms with E-state index in [1.807, 2.05) is 46.0 Å². The van der Waals surface area contributed by atoms with E-state index in [-0.39, 0.29) is 5.91 Å². The van der Waals surface area contributed by atoms with Gasteiger partial charge in [0.2, 0.25) is 0 Å². The van der Waals surface area contributed by atoms with Crippen LogP contribution in [0.15, 0.2) is 6.07 Å². The standard InChI is InChI=1S/C18H27N5O2/c1-12-9-14(15-13(2)20-22(5)16(15)19-12)17(24)23-8-6-7-18(25,11-23)10-21(3)4/h9,25H,6-8,10-11H2,1-5H3. The van der Waals surface area contributed by atoms with E-state index in [1.54, 1.807) is 9.58 Å². The molecule has 0 spiro atoms. The summed E-state index contributed by atoms with van der Waals surface area (Å²) >= 11 is 0. The van der Waals surface area contributed by atoms with Gasteiger partial charge in [0, 0.05) is 25.8 Å². The first-order valence-electron chi connectivity index (χ1n) is 8.67. The van der Waals surface area contributed by atoms with Crippen LogP contribution in [0.1, 0.15) is 34.6 Å². The fourth-order valence-corrected chi connectivity index (χ4v) is 3.91. The molecule has 0 saturated carbocycles. The van der Waals surface area contributed by atoms with Gasteiger partial charge in [0.05, 0.1) is 28.8 Å². The van der Waals surface area contributed by atoms with Gasteiger partial charge in [-0.05, 0) is 46.9 Å². The highest BCUT2D eigenvalue weighted by atomic mass is 16.3. The van der Waals surface area contributed by atoms with Crippen molar-refractivity contribution in [2.45, 2.75) is 32.3 Å². The average molecular weight is 345 g/mol. The van der Waals surface area contributed by atoms with E-state index in [0.717, 1.165) is 28.8 Å². The molecule has 1 aliphatic rings. The number of aromatic nitrogens is 3. The lowest BCUT2D eigenvalue weighted by atomic mass is 9.91.